The average molecular weight is 406 g/mol. The van der Waals surface area contributed by atoms with Crippen LogP contribution in [0.3, 0.4) is 0 Å². The van der Waals surface area contributed by atoms with Crippen molar-refractivity contribution in [2.45, 2.75) is 0 Å². The average Bonchev–Trinajstić information content (AvgIpc) is 3.22. The van der Waals surface area contributed by atoms with Gasteiger partial charge in [-0.25, -0.2) is 0 Å². The van der Waals surface area contributed by atoms with Gasteiger partial charge in [-0.1, -0.05) is 30.3 Å². The molecule has 1 amide bonds. The lowest BCUT2D eigenvalue weighted by molar-refractivity contribution is -0.115. The second-order valence-corrected chi connectivity index (χ2v) is 6.61. The molecule has 1 aliphatic heterocycles. The molecule has 3 aromatic rings. The van der Waals surface area contributed by atoms with Gasteiger partial charge in [-0.05, 0) is 42.6 Å². The van der Waals surface area contributed by atoms with Gasteiger partial charge in [0.25, 0.3) is 0 Å². The first-order valence-electron chi connectivity index (χ1n) is 9.02. The number of furan rings is 1. The van der Waals surface area contributed by atoms with Crippen molar-refractivity contribution in [3.63, 3.8) is 0 Å². The van der Waals surface area contributed by atoms with E-state index in [1.807, 2.05) is 36.4 Å². The summed E-state index contributed by atoms with van der Waals surface area (Å²) in [5, 5.41) is 5.73. The molecule has 0 fully saturated rings. The van der Waals surface area contributed by atoms with E-state index in [1.165, 1.54) is 6.08 Å². The van der Waals surface area contributed by atoms with Gasteiger partial charge in [0.1, 0.15) is 24.7 Å². The van der Waals surface area contributed by atoms with Gasteiger partial charge in [0, 0.05) is 23.4 Å². The van der Waals surface area contributed by atoms with Gasteiger partial charge in [-0.2, -0.15) is 0 Å². The third-order valence-corrected chi connectivity index (χ3v) is 4.32. The lowest BCUT2D eigenvalue weighted by Gasteiger charge is -2.19. The minimum atomic E-state index is -0.363. The Kier molecular flexibility index (Phi) is 5.58. The standard InChI is InChI=1S/C22H18N2O4S/c25-21(11-8-17-7-10-18(28-17)15-4-2-1-3-5-15)24-22(29)23-16-6-9-19-20(14-16)27-13-12-26-19/h1-11,14H,12-13H2,(H2,23,24,25,29)/b11-8-. The van der Waals surface area contributed by atoms with Gasteiger partial charge < -0.3 is 19.2 Å². The summed E-state index contributed by atoms with van der Waals surface area (Å²) in [6, 6.07) is 18.8. The lowest BCUT2D eigenvalue weighted by atomic mass is 10.2. The number of carbonyl (C=O) groups excluding carboxylic acids is 1. The van der Waals surface area contributed by atoms with Gasteiger partial charge in [0.05, 0.1) is 0 Å². The largest absolute Gasteiger partial charge is 0.486 e. The molecule has 29 heavy (non-hydrogen) atoms. The summed E-state index contributed by atoms with van der Waals surface area (Å²) < 4.78 is 16.7. The number of amides is 1. The number of fused-ring (bicyclic) bond motifs is 1. The Morgan fingerprint density at radius 3 is 2.59 bits per heavy atom. The molecule has 0 aliphatic carbocycles. The third-order valence-electron chi connectivity index (χ3n) is 4.12. The summed E-state index contributed by atoms with van der Waals surface area (Å²) in [6.07, 6.45) is 2.96. The van der Waals surface area contributed by atoms with Crippen molar-refractivity contribution in [3.8, 4) is 22.8 Å². The number of anilines is 1. The summed E-state index contributed by atoms with van der Waals surface area (Å²) >= 11 is 5.19. The van der Waals surface area contributed by atoms with E-state index < -0.39 is 0 Å². The summed E-state index contributed by atoms with van der Waals surface area (Å²) in [5.41, 5.74) is 1.67. The van der Waals surface area contributed by atoms with Crippen molar-refractivity contribution < 1.29 is 18.7 Å². The molecule has 2 heterocycles. The van der Waals surface area contributed by atoms with Gasteiger partial charge >= 0.3 is 0 Å². The van der Waals surface area contributed by atoms with Crippen LogP contribution in [0.25, 0.3) is 17.4 Å². The van der Waals surface area contributed by atoms with Crippen LogP contribution >= 0.6 is 12.2 Å². The smallest absolute Gasteiger partial charge is 0.250 e. The zero-order valence-corrected chi connectivity index (χ0v) is 16.2. The van der Waals surface area contributed by atoms with Crippen LogP contribution in [-0.4, -0.2) is 24.2 Å². The number of thiocarbonyl (C=S) groups is 1. The second-order valence-electron chi connectivity index (χ2n) is 6.20. The predicted octanol–water partition coefficient (Wildman–Crippen LogP) is 4.24. The van der Waals surface area contributed by atoms with Crippen molar-refractivity contribution >= 4 is 35.0 Å². The summed E-state index contributed by atoms with van der Waals surface area (Å²) in [7, 11) is 0. The summed E-state index contributed by atoms with van der Waals surface area (Å²) in [6.45, 7) is 1.03. The molecule has 2 aromatic carbocycles. The van der Waals surface area contributed by atoms with Crippen molar-refractivity contribution in [1.82, 2.24) is 5.32 Å². The third kappa shape index (κ3) is 4.83. The molecular formula is C22H18N2O4S. The molecule has 0 atom stereocenters. The van der Waals surface area contributed by atoms with Gasteiger partial charge in [0.15, 0.2) is 16.6 Å². The Bertz CT molecular complexity index is 1060. The van der Waals surface area contributed by atoms with E-state index >= 15 is 0 Å². The first kappa shape index (κ1) is 18.8. The highest BCUT2D eigenvalue weighted by molar-refractivity contribution is 7.80. The number of hydrogen-bond acceptors (Lipinski definition) is 5. The molecule has 7 heteroatoms. The maximum atomic E-state index is 12.1. The minimum absolute atomic E-state index is 0.181. The molecule has 2 N–H and O–H groups in total. The number of nitrogens with one attached hydrogen (secondary N) is 2. The zero-order valence-electron chi connectivity index (χ0n) is 15.4. The van der Waals surface area contributed by atoms with E-state index in [2.05, 4.69) is 10.6 Å². The Morgan fingerprint density at radius 1 is 0.966 bits per heavy atom. The monoisotopic (exact) mass is 406 g/mol. The molecule has 4 rings (SSSR count). The van der Waals surface area contributed by atoms with Crippen LogP contribution < -0.4 is 20.1 Å². The topological polar surface area (TPSA) is 72.7 Å². The Labute approximate surface area is 173 Å². The van der Waals surface area contributed by atoms with Crippen LogP contribution in [-0.2, 0) is 4.79 Å². The maximum absolute atomic E-state index is 12.1. The number of rotatable bonds is 4. The van der Waals surface area contributed by atoms with E-state index in [0.29, 0.717) is 36.2 Å². The van der Waals surface area contributed by atoms with Crippen molar-refractivity contribution in [2.24, 2.45) is 0 Å². The summed E-state index contributed by atoms with van der Waals surface area (Å²) in [5.74, 6) is 2.28. The van der Waals surface area contributed by atoms with Gasteiger partial charge in [-0.15, -0.1) is 0 Å². The van der Waals surface area contributed by atoms with Gasteiger partial charge in [-0.3, -0.25) is 10.1 Å². The highest BCUT2D eigenvalue weighted by atomic mass is 32.1. The lowest BCUT2D eigenvalue weighted by Crippen LogP contribution is -2.32. The second kappa shape index (κ2) is 8.62. The Hall–Kier alpha value is -3.58. The molecule has 1 aliphatic rings. The van der Waals surface area contributed by atoms with E-state index in [9.17, 15) is 4.79 Å². The van der Waals surface area contributed by atoms with Crippen molar-refractivity contribution in [2.75, 3.05) is 18.5 Å². The normalized spacial score (nSPS) is 12.6. The van der Waals surface area contributed by atoms with Crippen molar-refractivity contribution in [1.29, 1.82) is 0 Å². The Morgan fingerprint density at radius 2 is 1.76 bits per heavy atom. The fraction of sp³-hybridized carbons (Fsp3) is 0.0909. The van der Waals surface area contributed by atoms with E-state index in [0.717, 1.165) is 11.3 Å². The molecule has 1 aromatic heterocycles. The molecule has 0 unspecified atom stereocenters. The summed E-state index contributed by atoms with van der Waals surface area (Å²) in [4.78, 5) is 12.1. The van der Waals surface area contributed by atoms with Crippen molar-refractivity contribution in [3.05, 3.63) is 72.5 Å². The fourth-order valence-electron chi connectivity index (χ4n) is 2.79. The van der Waals surface area contributed by atoms with Crippen LogP contribution in [0.4, 0.5) is 5.69 Å². The number of ether oxygens (including phenoxy) is 2. The molecule has 0 saturated heterocycles. The molecule has 6 nitrogen and oxygen atoms in total. The van der Waals surface area contributed by atoms with Crippen LogP contribution in [0.5, 0.6) is 11.5 Å². The van der Waals surface area contributed by atoms with Crippen LogP contribution in [0.1, 0.15) is 5.76 Å². The molecule has 146 valence electrons. The van der Waals surface area contributed by atoms with Crippen LogP contribution in [0.15, 0.2) is 71.2 Å². The Balaban J connectivity index is 1.32. The molecule has 0 bridgehead atoms. The minimum Gasteiger partial charge on any atom is -0.486 e. The predicted molar refractivity (Wildman–Crippen MR) is 115 cm³/mol. The highest BCUT2D eigenvalue weighted by Gasteiger charge is 2.12. The van der Waals surface area contributed by atoms with Crippen LogP contribution in [0, 0.1) is 0 Å². The SMILES string of the molecule is O=C(/C=C\c1ccc(-c2ccccc2)o1)NC(=S)Nc1ccc2c(c1)OCCO2. The molecule has 0 radical (unpaired) electrons. The molecule has 0 saturated carbocycles. The number of benzene rings is 2. The van der Waals surface area contributed by atoms with E-state index in [1.54, 1.807) is 30.3 Å². The fourth-order valence-corrected chi connectivity index (χ4v) is 3.01. The first-order chi connectivity index (χ1) is 14.2. The first-order valence-corrected chi connectivity index (χ1v) is 9.43. The maximum Gasteiger partial charge on any atom is 0.250 e. The van der Waals surface area contributed by atoms with Gasteiger partial charge in [0.2, 0.25) is 5.91 Å². The van der Waals surface area contributed by atoms with E-state index in [4.69, 9.17) is 26.1 Å². The number of carbonyl (C=O) groups is 1. The molecule has 0 spiro atoms. The quantitative estimate of drug-likeness (QED) is 0.499. The van der Waals surface area contributed by atoms with E-state index in [-0.39, 0.29) is 11.0 Å². The highest BCUT2D eigenvalue weighted by Crippen LogP contribution is 2.32. The zero-order chi connectivity index (χ0) is 20.1. The number of hydrogen-bond donors (Lipinski definition) is 2. The molecular weight excluding hydrogens is 388 g/mol. The van der Waals surface area contributed by atoms with Crippen LogP contribution in [0.2, 0.25) is 0 Å².